The molecule has 0 radical (unpaired) electrons. The highest BCUT2D eigenvalue weighted by molar-refractivity contribution is 5.12. The van der Waals surface area contributed by atoms with Gasteiger partial charge in [-0.15, -0.1) is 0 Å². The lowest BCUT2D eigenvalue weighted by atomic mass is 9.80. The average molecular weight is 234 g/mol. The first-order valence-electron chi connectivity index (χ1n) is 6.39. The third-order valence-electron chi connectivity index (χ3n) is 3.90. The number of aromatic nitrogens is 1. The maximum absolute atomic E-state index is 11.4. The van der Waals surface area contributed by atoms with Crippen molar-refractivity contribution < 1.29 is 0 Å². The zero-order valence-electron chi connectivity index (χ0n) is 11.0. The average Bonchev–Trinajstić information content (AvgIpc) is 2.24. The minimum absolute atomic E-state index is 0.117. The first kappa shape index (κ1) is 12.4. The Morgan fingerprint density at radius 1 is 1.24 bits per heavy atom. The van der Waals surface area contributed by atoms with E-state index in [1.807, 2.05) is 13.8 Å². The molecule has 94 valence electrons. The van der Waals surface area contributed by atoms with E-state index in [9.17, 15) is 4.79 Å². The zero-order valence-corrected chi connectivity index (χ0v) is 11.0. The molecule has 1 aromatic rings. The van der Waals surface area contributed by atoms with Gasteiger partial charge >= 0.3 is 0 Å². The van der Waals surface area contributed by atoms with Gasteiger partial charge in [-0.25, -0.2) is 0 Å². The lowest BCUT2D eigenvalue weighted by molar-refractivity contribution is 0.192. The van der Waals surface area contributed by atoms with Gasteiger partial charge < -0.3 is 9.88 Å². The Bertz CT molecular complexity index is 430. The summed E-state index contributed by atoms with van der Waals surface area (Å²) >= 11 is 0. The lowest BCUT2D eigenvalue weighted by Crippen LogP contribution is -2.38. The molecule has 1 fully saturated rings. The van der Waals surface area contributed by atoms with E-state index in [-0.39, 0.29) is 5.43 Å². The van der Waals surface area contributed by atoms with Gasteiger partial charge in [0.15, 0.2) is 5.43 Å². The first-order chi connectivity index (χ1) is 8.00. The van der Waals surface area contributed by atoms with Gasteiger partial charge in [-0.05, 0) is 45.2 Å². The van der Waals surface area contributed by atoms with Crippen LogP contribution in [0.15, 0.2) is 16.9 Å². The second kappa shape index (κ2) is 4.65. The molecule has 2 heterocycles. The zero-order chi connectivity index (χ0) is 12.5. The smallest absolute Gasteiger partial charge is 0.182 e. The normalized spacial score (nSPS) is 19.2. The van der Waals surface area contributed by atoms with Crippen LogP contribution in [0.3, 0.4) is 0 Å². The Morgan fingerprint density at radius 2 is 1.76 bits per heavy atom. The SMILES string of the molecule is Cc1cc(=O)cc(C)n1CC1(C)CCNCC1. The predicted octanol–water partition coefficient (Wildman–Crippen LogP) is 1.85. The summed E-state index contributed by atoms with van der Waals surface area (Å²) in [6.07, 6.45) is 2.41. The van der Waals surface area contributed by atoms with Gasteiger partial charge in [0, 0.05) is 30.1 Å². The van der Waals surface area contributed by atoms with Crippen LogP contribution in [0.4, 0.5) is 0 Å². The van der Waals surface area contributed by atoms with E-state index in [2.05, 4.69) is 16.8 Å². The molecule has 0 unspecified atom stereocenters. The molecule has 1 N–H and O–H groups in total. The minimum atomic E-state index is 0.117. The summed E-state index contributed by atoms with van der Waals surface area (Å²) in [6, 6.07) is 3.47. The van der Waals surface area contributed by atoms with Crippen molar-refractivity contribution in [3.8, 4) is 0 Å². The minimum Gasteiger partial charge on any atom is -0.348 e. The maximum atomic E-state index is 11.4. The van der Waals surface area contributed by atoms with Gasteiger partial charge in [0.1, 0.15) is 0 Å². The largest absolute Gasteiger partial charge is 0.348 e. The van der Waals surface area contributed by atoms with Gasteiger partial charge in [-0.1, -0.05) is 6.92 Å². The molecular weight excluding hydrogens is 212 g/mol. The lowest BCUT2D eigenvalue weighted by Gasteiger charge is -2.36. The quantitative estimate of drug-likeness (QED) is 0.847. The number of rotatable bonds is 2. The molecule has 0 atom stereocenters. The molecule has 17 heavy (non-hydrogen) atoms. The van der Waals surface area contributed by atoms with Crippen molar-refractivity contribution >= 4 is 0 Å². The van der Waals surface area contributed by atoms with Crippen LogP contribution in [-0.4, -0.2) is 17.7 Å². The topological polar surface area (TPSA) is 34.0 Å². The summed E-state index contributed by atoms with van der Waals surface area (Å²) in [5.74, 6) is 0. The molecule has 3 nitrogen and oxygen atoms in total. The molecule has 1 aliphatic rings. The molecule has 1 aliphatic heterocycles. The third-order valence-corrected chi connectivity index (χ3v) is 3.90. The summed E-state index contributed by atoms with van der Waals surface area (Å²) in [7, 11) is 0. The van der Waals surface area contributed by atoms with E-state index in [1.54, 1.807) is 12.1 Å². The van der Waals surface area contributed by atoms with Crippen LogP contribution in [-0.2, 0) is 6.54 Å². The van der Waals surface area contributed by atoms with Crippen molar-refractivity contribution in [3.05, 3.63) is 33.7 Å². The fourth-order valence-electron chi connectivity index (χ4n) is 2.71. The molecule has 1 saturated heterocycles. The van der Waals surface area contributed by atoms with Crippen molar-refractivity contribution in [2.75, 3.05) is 13.1 Å². The van der Waals surface area contributed by atoms with Crippen LogP contribution >= 0.6 is 0 Å². The summed E-state index contributed by atoms with van der Waals surface area (Å²) in [6.45, 7) is 9.64. The van der Waals surface area contributed by atoms with Gasteiger partial charge in [-0.3, -0.25) is 4.79 Å². The van der Waals surface area contributed by atoms with Gasteiger partial charge in [0.25, 0.3) is 0 Å². The van der Waals surface area contributed by atoms with Crippen molar-refractivity contribution in [2.45, 2.75) is 40.2 Å². The van der Waals surface area contributed by atoms with Crippen LogP contribution in [0.2, 0.25) is 0 Å². The van der Waals surface area contributed by atoms with Gasteiger partial charge in [0.2, 0.25) is 0 Å². The highest BCUT2D eigenvalue weighted by atomic mass is 16.1. The number of nitrogens with zero attached hydrogens (tertiary/aromatic N) is 1. The Morgan fingerprint density at radius 3 is 2.29 bits per heavy atom. The summed E-state index contributed by atoms with van der Waals surface area (Å²) in [4.78, 5) is 11.4. The van der Waals surface area contributed by atoms with E-state index in [0.29, 0.717) is 5.41 Å². The first-order valence-corrected chi connectivity index (χ1v) is 6.39. The van der Waals surface area contributed by atoms with Crippen LogP contribution < -0.4 is 10.7 Å². The maximum Gasteiger partial charge on any atom is 0.182 e. The number of pyridine rings is 1. The van der Waals surface area contributed by atoms with E-state index >= 15 is 0 Å². The third kappa shape index (κ3) is 2.78. The predicted molar refractivity (Wildman–Crippen MR) is 70.4 cm³/mol. The molecule has 0 bridgehead atoms. The summed E-state index contributed by atoms with van der Waals surface area (Å²) < 4.78 is 2.28. The van der Waals surface area contributed by atoms with Crippen LogP contribution in [0.5, 0.6) is 0 Å². The van der Waals surface area contributed by atoms with Gasteiger partial charge in [0.05, 0.1) is 0 Å². The van der Waals surface area contributed by atoms with Crippen LogP contribution in [0.25, 0.3) is 0 Å². The molecular formula is C14H22N2O. The molecule has 0 spiro atoms. The fraction of sp³-hybridized carbons (Fsp3) is 0.643. The fourth-order valence-corrected chi connectivity index (χ4v) is 2.71. The Balaban J connectivity index is 2.26. The molecule has 0 aromatic carbocycles. The summed E-state index contributed by atoms with van der Waals surface area (Å²) in [5.41, 5.74) is 2.63. The van der Waals surface area contributed by atoms with Crippen LogP contribution in [0.1, 0.15) is 31.2 Å². The van der Waals surface area contributed by atoms with Crippen LogP contribution in [0, 0.1) is 19.3 Å². The summed E-state index contributed by atoms with van der Waals surface area (Å²) in [5, 5.41) is 3.40. The monoisotopic (exact) mass is 234 g/mol. The highest BCUT2D eigenvalue weighted by Crippen LogP contribution is 2.30. The Hall–Kier alpha value is -1.09. The second-order valence-electron chi connectivity index (χ2n) is 5.62. The van der Waals surface area contributed by atoms with E-state index in [4.69, 9.17) is 0 Å². The van der Waals surface area contributed by atoms with E-state index < -0.39 is 0 Å². The number of hydrogen-bond donors (Lipinski definition) is 1. The van der Waals surface area contributed by atoms with Gasteiger partial charge in [-0.2, -0.15) is 0 Å². The second-order valence-corrected chi connectivity index (χ2v) is 5.62. The molecule has 0 saturated carbocycles. The Labute approximate surface area is 103 Å². The molecule has 3 heteroatoms. The van der Waals surface area contributed by atoms with E-state index in [1.165, 1.54) is 12.8 Å². The molecule has 0 aliphatic carbocycles. The number of aryl methyl sites for hydroxylation is 2. The number of hydrogen-bond acceptors (Lipinski definition) is 2. The van der Waals surface area contributed by atoms with E-state index in [0.717, 1.165) is 31.0 Å². The standard InChI is InChI=1S/C14H22N2O/c1-11-8-13(17)9-12(2)16(11)10-14(3)4-6-15-7-5-14/h8-9,15H,4-7,10H2,1-3H3. The highest BCUT2D eigenvalue weighted by Gasteiger charge is 2.27. The van der Waals surface area contributed by atoms with Crippen molar-refractivity contribution in [2.24, 2.45) is 5.41 Å². The van der Waals surface area contributed by atoms with Crippen molar-refractivity contribution in [1.29, 1.82) is 0 Å². The molecule has 0 amide bonds. The number of nitrogens with one attached hydrogen (secondary N) is 1. The van der Waals surface area contributed by atoms with Crippen molar-refractivity contribution in [1.82, 2.24) is 9.88 Å². The van der Waals surface area contributed by atoms with Crippen molar-refractivity contribution in [3.63, 3.8) is 0 Å². The molecule has 1 aromatic heterocycles. The number of piperidine rings is 1. The molecule has 2 rings (SSSR count). The Kier molecular flexibility index (Phi) is 3.38.